The Kier molecular flexibility index (Phi) is 11.4. The van der Waals surface area contributed by atoms with Gasteiger partial charge < -0.3 is 29.3 Å². The van der Waals surface area contributed by atoms with Crippen LogP contribution in [0.4, 0.5) is 4.79 Å². The van der Waals surface area contributed by atoms with Gasteiger partial charge in [0.05, 0.1) is 6.61 Å². The van der Waals surface area contributed by atoms with Crippen LogP contribution in [0.3, 0.4) is 0 Å². The van der Waals surface area contributed by atoms with E-state index in [9.17, 15) is 24.0 Å². The van der Waals surface area contributed by atoms with Crippen LogP contribution >= 0.6 is 0 Å². The number of likely N-dealkylation sites (tertiary alicyclic amines) is 1. The molecule has 2 unspecified atom stereocenters. The molecule has 2 aromatic carbocycles. The second-order valence-electron chi connectivity index (χ2n) is 13.1. The van der Waals surface area contributed by atoms with Gasteiger partial charge in [-0.1, -0.05) is 74.5 Å². The highest BCUT2D eigenvalue weighted by Gasteiger charge is 2.63. The number of nitrogens with zero attached hydrogens (tertiary/aromatic N) is 2. The van der Waals surface area contributed by atoms with Crippen molar-refractivity contribution >= 4 is 29.8 Å². The van der Waals surface area contributed by atoms with E-state index in [4.69, 9.17) is 14.2 Å². The third-order valence-electron chi connectivity index (χ3n) is 7.77. The Labute approximate surface area is 270 Å². The molecule has 46 heavy (non-hydrogen) atoms. The van der Waals surface area contributed by atoms with Crippen molar-refractivity contribution in [2.24, 2.45) is 5.92 Å². The van der Waals surface area contributed by atoms with E-state index in [1.54, 1.807) is 32.9 Å². The molecule has 0 radical (unpaired) electrons. The maximum atomic E-state index is 14.0. The molecule has 0 spiro atoms. The van der Waals surface area contributed by atoms with Gasteiger partial charge in [0.2, 0.25) is 11.8 Å². The predicted octanol–water partition coefficient (Wildman–Crippen LogP) is 4.03. The number of carbonyl (C=O) groups is 5. The number of alkyl carbamates (subject to hydrolysis) is 1. The molecule has 2 heterocycles. The molecule has 11 heteroatoms. The molecule has 3 amide bonds. The van der Waals surface area contributed by atoms with Crippen molar-refractivity contribution in [2.45, 2.75) is 96.7 Å². The Hall–Kier alpha value is -4.41. The minimum atomic E-state index is -1.16. The molecule has 4 atom stereocenters. The number of hydrogen-bond donors (Lipinski definition) is 1. The minimum absolute atomic E-state index is 0.0186. The van der Waals surface area contributed by atoms with E-state index in [1.807, 2.05) is 62.4 Å². The summed E-state index contributed by atoms with van der Waals surface area (Å²) in [5, 5.41) is 2.68. The molecule has 1 N–H and O–H groups in total. The Morgan fingerprint density at radius 3 is 2.04 bits per heavy atom. The van der Waals surface area contributed by atoms with Gasteiger partial charge in [0.1, 0.15) is 24.3 Å². The average Bonchev–Trinajstić information content (AvgIpc) is 3.57. The van der Waals surface area contributed by atoms with E-state index in [0.29, 0.717) is 32.2 Å². The summed E-state index contributed by atoms with van der Waals surface area (Å²) in [5.74, 6) is -2.30. The van der Waals surface area contributed by atoms with Crippen LogP contribution in [0, 0.1) is 5.92 Å². The van der Waals surface area contributed by atoms with Gasteiger partial charge in [0, 0.05) is 13.0 Å². The summed E-state index contributed by atoms with van der Waals surface area (Å²) < 4.78 is 16.4. The number of ether oxygens (including phenoxy) is 3. The fourth-order valence-electron chi connectivity index (χ4n) is 5.61. The maximum Gasteiger partial charge on any atom is 0.408 e. The number of rotatable bonds is 12. The standard InChI is InChI=1S/C35H45N3O8/c1-23(2)21-26(36-34(43)46-35(3,4)5)30(39)37-19-12-17-27(37)31(40)38-28(32(41)44-20-18-24-13-8-6-9-14-24)29(38)33(42)45-22-25-15-10-7-11-16-25/h6-11,13-16,23,26-29H,12,17-22H2,1-5H3,(H,36,43)/t26-,27+,28?,29?,38?/m0/s1. The number of benzene rings is 2. The van der Waals surface area contributed by atoms with Crippen LogP contribution in [-0.2, 0) is 46.4 Å². The zero-order valence-electron chi connectivity index (χ0n) is 27.3. The molecule has 2 saturated heterocycles. The summed E-state index contributed by atoms with van der Waals surface area (Å²) in [6.45, 7) is 9.41. The van der Waals surface area contributed by atoms with E-state index < -0.39 is 59.6 Å². The molecular weight excluding hydrogens is 590 g/mol. The Morgan fingerprint density at radius 1 is 0.870 bits per heavy atom. The highest BCUT2D eigenvalue weighted by Crippen LogP contribution is 2.35. The van der Waals surface area contributed by atoms with Crippen molar-refractivity contribution in [3.05, 3.63) is 71.8 Å². The lowest BCUT2D eigenvalue weighted by atomic mass is 10.0. The normalized spacial score (nSPS) is 19.7. The van der Waals surface area contributed by atoms with Gasteiger partial charge in [-0.05, 0) is 57.1 Å². The number of nitrogens with one attached hydrogen (secondary N) is 1. The van der Waals surface area contributed by atoms with Crippen LogP contribution in [0.5, 0.6) is 0 Å². The zero-order valence-corrected chi connectivity index (χ0v) is 27.3. The molecule has 0 aliphatic carbocycles. The third kappa shape index (κ3) is 9.31. The quantitative estimate of drug-likeness (QED) is 0.210. The lowest BCUT2D eigenvalue weighted by Gasteiger charge is -2.30. The zero-order chi connectivity index (χ0) is 33.4. The minimum Gasteiger partial charge on any atom is -0.464 e. The summed E-state index contributed by atoms with van der Waals surface area (Å²) in [7, 11) is 0. The molecule has 2 aliphatic rings. The molecule has 0 aromatic heterocycles. The molecule has 2 fully saturated rings. The SMILES string of the molecule is CC(C)C[C@H](NC(=O)OC(C)(C)C)C(=O)N1CCC[C@@H]1C(=O)N1C(C(=O)OCCc2ccccc2)C1C(=O)OCc1ccccc1. The molecule has 11 nitrogen and oxygen atoms in total. The average molecular weight is 636 g/mol. The van der Waals surface area contributed by atoms with Crippen molar-refractivity contribution in [3.8, 4) is 0 Å². The highest BCUT2D eigenvalue weighted by atomic mass is 16.6. The van der Waals surface area contributed by atoms with Crippen molar-refractivity contribution in [1.29, 1.82) is 0 Å². The lowest BCUT2D eigenvalue weighted by Crippen LogP contribution is -2.53. The largest absolute Gasteiger partial charge is 0.464 e. The van der Waals surface area contributed by atoms with Crippen molar-refractivity contribution < 1.29 is 38.2 Å². The first kappa shape index (κ1) is 34.5. The summed E-state index contributed by atoms with van der Waals surface area (Å²) in [4.78, 5) is 69.5. The highest BCUT2D eigenvalue weighted by molar-refractivity contribution is 6.03. The molecular formula is C35H45N3O8. The monoisotopic (exact) mass is 635 g/mol. The van der Waals surface area contributed by atoms with Gasteiger partial charge in [-0.25, -0.2) is 14.4 Å². The van der Waals surface area contributed by atoms with Crippen LogP contribution in [-0.4, -0.2) is 82.6 Å². The third-order valence-corrected chi connectivity index (χ3v) is 7.77. The van der Waals surface area contributed by atoms with E-state index in [-0.39, 0.29) is 19.1 Å². The molecule has 4 rings (SSSR count). The Morgan fingerprint density at radius 2 is 1.46 bits per heavy atom. The van der Waals surface area contributed by atoms with Gasteiger partial charge in [0.15, 0.2) is 12.1 Å². The van der Waals surface area contributed by atoms with Crippen LogP contribution in [0.15, 0.2) is 60.7 Å². The second-order valence-corrected chi connectivity index (χ2v) is 13.1. The van der Waals surface area contributed by atoms with Gasteiger partial charge in [-0.2, -0.15) is 0 Å². The van der Waals surface area contributed by atoms with E-state index in [2.05, 4.69) is 5.32 Å². The first-order valence-electron chi connectivity index (χ1n) is 15.9. The van der Waals surface area contributed by atoms with E-state index in [0.717, 1.165) is 11.1 Å². The van der Waals surface area contributed by atoms with Gasteiger partial charge in [-0.3, -0.25) is 9.59 Å². The van der Waals surface area contributed by atoms with Crippen LogP contribution < -0.4 is 5.32 Å². The van der Waals surface area contributed by atoms with Crippen molar-refractivity contribution in [1.82, 2.24) is 15.1 Å². The van der Waals surface area contributed by atoms with Crippen molar-refractivity contribution in [3.63, 3.8) is 0 Å². The Bertz CT molecular complexity index is 1380. The summed E-state index contributed by atoms with van der Waals surface area (Å²) in [6, 6.07) is 14.5. The number of carbonyl (C=O) groups excluding carboxylic acids is 5. The second kappa shape index (κ2) is 15.2. The number of esters is 2. The molecule has 2 aromatic rings. The lowest BCUT2D eigenvalue weighted by molar-refractivity contribution is -0.148. The summed E-state index contributed by atoms with van der Waals surface area (Å²) >= 11 is 0. The maximum absolute atomic E-state index is 14.0. The van der Waals surface area contributed by atoms with E-state index in [1.165, 1.54) is 9.80 Å². The summed E-state index contributed by atoms with van der Waals surface area (Å²) in [6.07, 6.45) is 0.988. The van der Waals surface area contributed by atoms with Crippen LogP contribution in [0.2, 0.25) is 0 Å². The number of hydrogen-bond acceptors (Lipinski definition) is 8. The van der Waals surface area contributed by atoms with Gasteiger partial charge >= 0.3 is 18.0 Å². The van der Waals surface area contributed by atoms with E-state index >= 15 is 0 Å². The molecule has 248 valence electrons. The van der Waals surface area contributed by atoms with Gasteiger partial charge in [0.25, 0.3) is 0 Å². The van der Waals surface area contributed by atoms with Gasteiger partial charge in [-0.15, -0.1) is 0 Å². The fourth-order valence-corrected chi connectivity index (χ4v) is 5.61. The fraction of sp³-hybridized carbons (Fsp3) is 0.514. The molecule has 2 aliphatic heterocycles. The molecule has 0 bridgehead atoms. The summed E-state index contributed by atoms with van der Waals surface area (Å²) in [5.41, 5.74) is 0.988. The first-order valence-corrected chi connectivity index (χ1v) is 15.9. The smallest absolute Gasteiger partial charge is 0.408 e. The Balaban J connectivity index is 1.47. The topological polar surface area (TPSA) is 131 Å². The van der Waals surface area contributed by atoms with Crippen LogP contribution in [0.25, 0.3) is 0 Å². The first-order chi connectivity index (χ1) is 21.9. The van der Waals surface area contributed by atoms with Crippen molar-refractivity contribution in [2.75, 3.05) is 13.2 Å². The number of amides is 3. The van der Waals surface area contributed by atoms with Crippen LogP contribution in [0.1, 0.15) is 65.0 Å². The predicted molar refractivity (Wildman–Crippen MR) is 169 cm³/mol. The molecule has 0 saturated carbocycles.